The van der Waals surface area contributed by atoms with Crippen molar-refractivity contribution in [1.29, 1.82) is 0 Å². The summed E-state index contributed by atoms with van der Waals surface area (Å²) in [4.78, 5) is 23.6. The lowest BCUT2D eigenvalue weighted by Crippen LogP contribution is -2.43. The number of para-hydroxylation sites is 1. The maximum atomic E-state index is 13.4. The van der Waals surface area contributed by atoms with E-state index in [-0.39, 0.29) is 5.75 Å². The maximum absolute atomic E-state index is 13.4. The van der Waals surface area contributed by atoms with Gasteiger partial charge in [-0.2, -0.15) is 0 Å². The molecule has 0 aliphatic rings. The number of aryl methyl sites for hydroxylation is 1. The molecule has 25 heavy (non-hydrogen) atoms. The molecule has 0 radical (unpaired) electrons. The Kier molecular flexibility index (Phi) is 6.95. The number of hydrogen-bond acceptors (Lipinski definition) is 3. The van der Waals surface area contributed by atoms with Crippen LogP contribution in [0.2, 0.25) is 0 Å². The van der Waals surface area contributed by atoms with Gasteiger partial charge in [-0.3, -0.25) is 20.4 Å². The van der Waals surface area contributed by atoms with Gasteiger partial charge in [0.2, 0.25) is 0 Å². The molecule has 2 rings (SSSR count). The molecule has 6 heteroatoms. The minimum absolute atomic E-state index is 0.0216. The highest BCUT2D eigenvalue weighted by Crippen LogP contribution is 2.14. The van der Waals surface area contributed by atoms with Crippen molar-refractivity contribution in [3.63, 3.8) is 0 Å². The smallest absolute Gasteiger partial charge is 0.276 e. The number of amides is 2. The van der Waals surface area contributed by atoms with Crippen LogP contribution in [0.1, 0.15) is 35.7 Å². The monoisotopic (exact) mass is 344 g/mol. The van der Waals surface area contributed by atoms with E-state index < -0.39 is 24.2 Å². The fourth-order valence-corrected chi connectivity index (χ4v) is 2.14. The first-order chi connectivity index (χ1) is 12.1. The summed E-state index contributed by atoms with van der Waals surface area (Å²) in [5.74, 6) is -1.59. The molecule has 0 bridgehead atoms. The second kappa shape index (κ2) is 9.42. The molecule has 0 aromatic heterocycles. The number of benzene rings is 2. The normalized spacial score (nSPS) is 10.2. The summed E-state index contributed by atoms with van der Waals surface area (Å²) in [6.07, 6.45) is 3.19. The standard InChI is InChI=1S/C19H21FN2O3/c1-2-3-6-14-9-11-15(12-10-14)19(24)22-21-18(23)13-25-17-8-5-4-7-16(17)20/h4-5,7-12H,2-3,6,13H2,1H3,(H,21,23)(H,22,24). The van der Waals surface area contributed by atoms with E-state index in [0.717, 1.165) is 19.3 Å². The molecule has 0 aliphatic carbocycles. The summed E-state index contributed by atoms with van der Waals surface area (Å²) in [6.45, 7) is 1.72. The Morgan fingerprint density at radius 3 is 2.44 bits per heavy atom. The Labute approximate surface area is 146 Å². The van der Waals surface area contributed by atoms with E-state index in [1.54, 1.807) is 18.2 Å². The molecule has 2 aromatic carbocycles. The Balaban J connectivity index is 1.77. The molecule has 2 amide bonds. The first kappa shape index (κ1) is 18.4. The molecular weight excluding hydrogens is 323 g/mol. The molecule has 0 spiro atoms. The van der Waals surface area contributed by atoms with Crippen LogP contribution in [-0.4, -0.2) is 18.4 Å². The molecule has 0 atom stereocenters. The predicted octanol–water partition coefficient (Wildman–Crippen LogP) is 3.01. The predicted molar refractivity (Wildman–Crippen MR) is 92.6 cm³/mol. The largest absolute Gasteiger partial charge is 0.481 e. The molecule has 0 aliphatic heterocycles. The van der Waals surface area contributed by atoms with Crippen molar-refractivity contribution in [3.05, 3.63) is 65.5 Å². The third-order valence-corrected chi connectivity index (χ3v) is 3.55. The van der Waals surface area contributed by atoms with Crippen molar-refractivity contribution in [1.82, 2.24) is 10.9 Å². The number of hydrogen-bond donors (Lipinski definition) is 2. The molecule has 0 saturated carbocycles. The number of unbranched alkanes of at least 4 members (excludes halogenated alkanes) is 1. The van der Waals surface area contributed by atoms with Crippen molar-refractivity contribution in [2.75, 3.05) is 6.61 Å². The van der Waals surface area contributed by atoms with Crippen molar-refractivity contribution >= 4 is 11.8 Å². The van der Waals surface area contributed by atoms with Crippen LogP contribution in [0.15, 0.2) is 48.5 Å². The van der Waals surface area contributed by atoms with Gasteiger partial charge in [-0.05, 0) is 42.7 Å². The third-order valence-electron chi connectivity index (χ3n) is 3.55. The molecule has 132 valence electrons. The van der Waals surface area contributed by atoms with Crippen molar-refractivity contribution in [2.24, 2.45) is 0 Å². The number of carbonyl (C=O) groups excluding carboxylic acids is 2. The van der Waals surface area contributed by atoms with Gasteiger partial charge in [0.05, 0.1) is 0 Å². The molecule has 2 N–H and O–H groups in total. The van der Waals surface area contributed by atoms with E-state index in [1.165, 1.54) is 23.8 Å². The molecule has 0 fully saturated rings. The van der Waals surface area contributed by atoms with Gasteiger partial charge in [0.1, 0.15) is 0 Å². The summed E-state index contributed by atoms with van der Waals surface area (Å²) in [5, 5.41) is 0. The lowest BCUT2D eigenvalue weighted by molar-refractivity contribution is -0.123. The summed E-state index contributed by atoms with van der Waals surface area (Å²) >= 11 is 0. The lowest BCUT2D eigenvalue weighted by atomic mass is 10.1. The average molecular weight is 344 g/mol. The van der Waals surface area contributed by atoms with Crippen LogP contribution in [-0.2, 0) is 11.2 Å². The van der Waals surface area contributed by atoms with Crippen LogP contribution in [0.5, 0.6) is 5.75 Å². The number of halogens is 1. The van der Waals surface area contributed by atoms with Gasteiger partial charge in [-0.25, -0.2) is 4.39 Å². The molecule has 0 saturated heterocycles. The van der Waals surface area contributed by atoms with Crippen LogP contribution in [0, 0.1) is 5.82 Å². The summed E-state index contributed by atoms with van der Waals surface area (Å²) in [5.41, 5.74) is 6.14. The number of carbonyl (C=O) groups is 2. The number of rotatable bonds is 7. The third kappa shape index (κ3) is 5.91. The summed E-state index contributed by atoms with van der Waals surface area (Å²) in [6, 6.07) is 13.0. The minimum Gasteiger partial charge on any atom is -0.481 e. The quantitative estimate of drug-likeness (QED) is 0.759. The minimum atomic E-state index is -0.587. The topological polar surface area (TPSA) is 67.4 Å². The Morgan fingerprint density at radius 1 is 1.04 bits per heavy atom. The van der Waals surface area contributed by atoms with Crippen molar-refractivity contribution in [3.8, 4) is 5.75 Å². The Hall–Kier alpha value is -2.89. The maximum Gasteiger partial charge on any atom is 0.276 e. The fourth-order valence-electron chi connectivity index (χ4n) is 2.14. The van der Waals surface area contributed by atoms with E-state index in [0.29, 0.717) is 5.56 Å². The SMILES string of the molecule is CCCCc1ccc(C(=O)NNC(=O)COc2ccccc2F)cc1. The Morgan fingerprint density at radius 2 is 1.76 bits per heavy atom. The lowest BCUT2D eigenvalue weighted by Gasteiger charge is -2.09. The summed E-state index contributed by atoms with van der Waals surface area (Å²) < 4.78 is 18.4. The van der Waals surface area contributed by atoms with E-state index in [2.05, 4.69) is 17.8 Å². The molecule has 5 nitrogen and oxygen atoms in total. The second-order valence-electron chi connectivity index (χ2n) is 5.52. The zero-order valence-electron chi connectivity index (χ0n) is 14.0. The van der Waals surface area contributed by atoms with Gasteiger partial charge in [0, 0.05) is 5.56 Å². The first-order valence-corrected chi connectivity index (χ1v) is 8.15. The van der Waals surface area contributed by atoms with Crippen molar-refractivity contribution in [2.45, 2.75) is 26.2 Å². The van der Waals surface area contributed by atoms with Crippen molar-refractivity contribution < 1.29 is 18.7 Å². The molecule has 0 heterocycles. The summed E-state index contributed by atoms with van der Waals surface area (Å²) in [7, 11) is 0. The number of ether oxygens (including phenoxy) is 1. The van der Waals surface area contributed by atoms with E-state index in [1.807, 2.05) is 12.1 Å². The van der Waals surface area contributed by atoms with Gasteiger partial charge < -0.3 is 4.74 Å². The van der Waals surface area contributed by atoms with Gasteiger partial charge >= 0.3 is 0 Å². The average Bonchev–Trinajstić information content (AvgIpc) is 2.64. The Bertz CT molecular complexity index is 717. The van der Waals surface area contributed by atoms with Gasteiger partial charge in [-0.1, -0.05) is 37.6 Å². The first-order valence-electron chi connectivity index (χ1n) is 8.15. The number of hydrazine groups is 1. The zero-order chi connectivity index (χ0) is 18.1. The van der Waals surface area contributed by atoms with Gasteiger partial charge in [0.15, 0.2) is 18.2 Å². The van der Waals surface area contributed by atoms with E-state index >= 15 is 0 Å². The highest BCUT2D eigenvalue weighted by Gasteiger charge is 2.09. The molecule has 0 unspecified atom stereocenters. The number of nitrogens with one attached hydrogen (secondary N) is 2. The van der Waals surface area contributed by atoms with E-state index in [4.69, 9.17) is 4.74 Å². The molecular formula is C19H21FN2O3. The second-order valence-corrected chi connectivity index (χ2v) is 5.52. The van der Waals surface area contributed by atoms with Gasteiger partial charge in [-0.15, -0.1) is 0 Å². The highest BCUT2D eigenvalue weighted by atomic mass is 19.1. The van der Waals surface area contributed by atoms with Crippen LogP contribution >= 0.6 is 0 Å². The van der Waals surface area contributed by atoms with E-state index in [9.17, 15) is 14.0 Å². The zero-order valence-corrected chi connectivity index (χ0v) is 14.0. The van der Waals surface area contributed by atoms with Gasteiger partial charge in [0.25, 0.3) is 11.8 Å². The van der Waals surface area contributed by atoms with Crippen LogP contribution in [0.3, 0.4) is 0 Å². The van der Waals surface area contributed by atoms with Crippen LogP contribution in [0.4, 0.5) is 4.39 Å². The highest BCUT2D eigenvalue weighted by molar-refractivity contribution is 5.95. The molecule has 2 aromatic rings. The van der Waals surface area contributed by atoms with Crippen LogP contribution in [0.25, 0.3) is 0 Å². The van der Waals surface area contributed by atoms with Crippen LogP contribution < -0.4 is 15.6 Å². The fraction of sp³-hybridized carbons (Fsp3) is 0.263.